The van der Waals surface area contributed by atoms with Gasteiger partial charge in [-0.2, -0.15) is 0 Å². The molecule has 2 aromatic carbocycles. The monoisotopic (exact) mass is 372 g/mol. The number of anilines is 2. The normalized spacial score (nSPS) is 16.6. The lowest BCUT2D eigenvalue weighted by Crippen LogP contribution is -2.26. The minimum atomic E-state index is -0.438. The van der Waals surface area contributed by atoms with Crippen molar-refractivity contribution in [3.63, 3.8) is 0 Å². The summed E-state index contributed by atoms with van der Waals surface area (Å²) in [4.78, 5) is 14.2. The zero-order valence-electron chi connectivity index (χ0n) is 15.7. The third-order valence-electron chi connectivity index (χ3n) is 4.53. The number of para-hydroxylation sites is 2. The van der Waals surface area contributed by atoms with Gasteiger partial charge >= 0.3 is 0 Å². The minimum Gasteiger partial charge on any atom is -0.489 e. The van der Waals surface area contributed by atoms with Gasteiger partial charge in [0, 0.05) is 26.3 Å². The van der Waals surface area contributed by atoms with E-state index in [1.807, 2.05) is 12.1 Å². The van der Waals surface area contributed by atoms with E-state index in [-0.39, 0.29) is 17.6 Å². The molecule has 1 amide bonds. The smallest absolute Gasteiger partial charge is 0.255 e. The molecule has 0 unspecified atom stereocenters. The first-order chi connectivity index (χ1) is 13.0. The SMILES string of the molecule is CN(C)c1ccc(C(=O)Nc2ccccc2OC[C@@H]2CCCCO2)cc1F. The van der Waals surface area contributed by atoms with Crippen molar-refractivity contribution in [3.05, 3.63) is 53.8 Å². The van der Waals surface area contributed by atoms with Crippen LogP contribution >= 0.6 is 0 Å². The van der Waals surface area contributed by atoms with Crippen LogP contribution in [0.5, 0.6) is 5.75 Å². The summed E-state index contributed by atoms with van der Waals surface area (Å²) < 4.78 is 25.7. The molecule has 1 saturated heterocycles. The van der Waals surface area contributed by atoms with Crippen LogP contribution in [0, 0.1) is 5.82 Å². The molecule has 0 bridgehead atoms. The Balaban J connectivity index is 1.68. The summed E-state index contributed by atoms with van der Waals surface area (Å²) in [5, 5.41) is 2.81. The molecule has 5 nitrogen and oxygen atoms in total. The Kier molecular flexibility index (Phi) is 6.29. The molecular weight excluding hydrogens is 347 g/mol. The van der Waals surface area contributed by atoms with Gasteiger partial charge in [0.15, 0.2) is 0 Å². The Morgan fingerprint density at radius 1 is 1.26 bits per heavy atom. The van der Waals surface area contributed by atoms with Crippen LogP contribution in [-0.4, -0.2) is 39.3 Å². The van der Waals surface area contributed by atoms with Gasteiger partial charge in [0.25, 0.3) is 5.91 Å². The molecule has 6 heteroatoms. The van der Waals surface area contributed by atoms with Gasteiger partial charge < -0.3 is 19.7 Å². The highest BCUT2D eigenvalue weighted by Crippen LogP contribution is 2.26. The van der Waals surface area contributed by atoms with Gasteiger partial charge in [-0.15, -0.1) is 0 Å². The quantitative estimate of drug-likeness (QED) is 0.830. The molecule has 1 aliphatic heterocycles. The number of ether oxygens (including phenoxy) is 2. The van der Waals surface area contributed by atoms with Crippen LogP contribution in [0.3, 0.4) is 0 Å². The standard InChI is InChI=1S/C21H25FN2O3/c1-24(2)19-11-10-15(13-17(19)22)21(25)23-18-8-3-4-9-20(18)27-14-16-7-5-6-12-26-16/h3-4,8-11,13,16H,5-7,12,14H2,1-2H3,(H,23,25)/t16-/m0/s1. The summed E-state index contributed by atoms with van der Waals surface area (Å²) >= 11 is 0. The lowest BCUT2D eigenvalue weighted by atomic mass is 10.1. The second kappa shape index (κ2) is 8.86. The molecule has 144 valence electrons. The zero-order valence-corrected chi connectivity index (χ0v) is 15.7. The van der Waals surface area contributed by atoms with Gasteiger partial charge in [-0.05, 0) is 49.6 Å². The van der Waals surface area contributed by atoms with E-state index in [4.69, 9.17) is 9.47 Å². The van der Waals surface area contributed by atoms with E-state index in [0.717, 1.165) is 25.9 Å². The Morgan fingerprint density at radius 2 is 2.07 bits per heavy atom. The van der Waals surface area contributed by atoms with Gasteiger partial charge in [-0.25, -0.2) is 4.39 Å². The molecule has 1 heterocycles. The maximum absolute atomic E-state index is 14.1. The molecule has 0 radical (unpaired) electrons. The van der Waals surface area contributed by atoms with Crippen LogP contribution in [0.15, 0.2) is 42.5 Å². The van der Waals surface area contributed by atoms with E-state index in [1.165, 1.54) is 6.07 Å². The Bertz CT molecular complexity index is 789. The molecule has 2 aromatic rings. The first kappa shape index (κ1) is 19.2. The molecule has 0 spiro atoms. The van der Waals surface area contributed by atoms with Crippen molar-refractivity contribution in [2.24, 2.45) is 0 Å². The number of halogens is 1. The number of carbonyl (C=O) groups is 1. The molecule has 1 N–H and O–H groups in total. The van der Waals surface area contributed by atoms with E-state index in [2.05, 4.69) is 5.32 Å². The zero-order chi connectivity index (χ0) is 19.2. The summed E-state index contributed by atoms with van der Waals surface area (Å²) in [6.45, 7) is 1.21. The van der Waals surface area contributed by atoms with Crippen LogP contribution in [0.2, 0.25) is 0 Å². The summed E-state index contributed by atoms with van der Waals surface area (Å²) in [6, 6.07) is 11.7. The highest BCUT2D eigenvalue weighted by molar-refractivity contribution is 6.05. The van der Waals surface area contributed by atoms with Crippen LogP contribution in [0.1, 0.15) is 29.6 Å². The van der Waals surface area contributed by atoms with Crippen molar-refractivity contribution in [2.75, 3.05) is 37.5 Å². The fourth-order valence-electron chi connectivity index (χ4n) is 3.02. The third kappa shape index (κ3) is 4.98. The maximum atomic E-state index is 14.1. The molecule has 3 rings (SSSR count). The number of hydrogen-bond acceptors (Lipinski definition) is 4. The molecule has 0 aromatic heterocycles. The Hall–Kier alpha value is -2.60. The third-order valence-corrected chi connectivity index (χ3v) is 4.53. The lowest BCUT2D eigenvalue weighted by molar-refractivity contribution is -0.0109. The fraction of sp³-hybridized carbons (Fsp3) is 0.381. The van der Waals surface area contributed by atoms with Crippen LogP contribution in [0.25, 0.3) is 0 Å². The summed E-state index contributed by atoms with van der Waals surface area (Å²) in [5.41, 5.74) is 1.24. The minimum absolute atomic E-state index is 0.0789. The van der Waals surface area contributed by atoms with E-state index in [1.54, 1.807) is 43.3 Å². The van der Waals surface area contributed by atoms with Gasteiger partial charge in [0.2, 0.25) is 0 Å². The van der Waals surface area contributed by atoms with Crippen molar-refractivity contribution in [2.45, 2.75) is 25.4 Å². The Labute approximate surface area is 159 Å². The predicted molar refractivity (Wildman–Crippen MR) is 104 cm³/mol. The van der Waals surface area contributed by atoms with Crippen molar-refractivity contribution in [3.8, 4) is 5.75 Å². The number of hydrogen-bond donors (Lipinski definition) is 1. The number of carbonyl (C=O) groups excluding carboxylic acids is 1. The topological polar surface area (TPSA) is 50.8 Å². The predicted octanol–water partition coefficient (Wildman–Crippen LogP) is 4.09. The van der Waals surface area contributed by atoms with Crippen LogP contribution in [0.4, 0.5) is 15.8 Å². The number of benzene rings is 2. The lowest BCUT2D eigenvalue weighted by Gasteiger charge is -2.23. The first-order valence-electron chi connectivity index (χ1n) is 9.16. The van der Waals surface area contributed by atoms with E-state index >= 15 is 0 Å². The van der Waals surface area contributed by atoms with Gasteiger partial charge in [0.05, 0.1) is 17.5 Å². The van der Waals surface area contributed by atoms with E-state index < -0.39 is 5.82 Å². The van der Waals surface area contributed by atoms with Crippen LogP contribution in [-0.2, 0) is 4.74 Å². The highest BCUT2D eigenvalue weighted by atomic mass is 19.1. The molecule has 0 saturated carbocycles. The summed E-state index contributed by atoms with van der Waals surface area (Å²) in [6.07, 6.45) is 3.29. The molecule has 27 heavy (non-hydrogen) atoms. The molecule has 1 atom stereocenters. The Morgan fingerprint density at radius 3 is 2.78 bits per heavy atom. The fourth-order valence-corrected chi connectivity index (χ4v) is 3.02. The number of amides is 1. The van der Waals surface area contributed by atoms with Crippen LogP contribution < -0.4 is 15.0 Å². The highest BCUT2D eigenvalue weighted by Gasteiger charge is 2.17. The van der Waals surface area contributed by atoms with Crippen molar-refractivity contribution in [1.29, 1.82) is 0 Å². The average Bonchev–Trinajstić information content (AvgIpc) is 2.67. The van der Waals surface area contributed by atoms with Gasteiger partial charge in [-0.1, -0.05) is 12.1 Å². The molecular formula is C21H25FN2O3. The van der Waals surface area contributed by atoms with E-state index in [9.17, 15) is 9.18 Å². The number of nitrogens with one attached hydrogen (secondary N) is 1. The maximum Gasteiger partial charge on any atom is 0.255 e. The van der Waals surface area contributed by atoms with Crippen molar-refractivity contribution in [1.82, 2.24) is 0 Å². The molecule has 0 aliphatic carbocycles. The van der Waals surface area contributed by atoms with Crippen molar-refractivity contribution >= 4 is 17.3 Å². The number of rotatable bonds is 6. The number of nitrogens with zero attached hydrogens (tertiary/aromatic N) is 1. The largest absolute Gasteiger partial charge is 0.489 e. The summed E-state index contributed by atoms with van der Waals surface area (Å²) in [7, 11) is 3.50. The second-order valence-corrected chi connectivity index (χ2v) is 6.81. The van der Waals surface area contributed by atoms with Gasteiger partial charge in [-0.3, -0.25) is 4.79 Å². The van der Waals surface area contributed by atoms with E-state index in [0.29, 0.717) is 23.7 Å². The van der Waals surface area contributed by atoms with Gasteiger partial charge in [0.1, 0.15) is 18.2 Å². The average molecular weight is 372 g/mol. The molecule has 1 fully saturated rings. The van der Waals surface area contributed by atoms with Crippen molar-refractivity contribution < 1.29 is 18.7 Å². The second-order valence-electron chi connectivity index (χ2n) is 6.81. The molecule has 1 aliphatic rings. The first-order valence-corrected chi connectivity index (χ1v) is 9.16. The summed E-state index contributed by atoms with van der Waals surface area (Å²) in [5.74, 6) is -0.249.